The van der Waals surface area contributed by atoms with Crippen molar-refractivity contribution in [3.63, 3.8) is 0 Å². The number of hydrogen-bond donors (Lipinski definition) is 2. The molecule has 5 rings (SSSR count). The highest BCUT2D eigenvalue weighted by atomic mass is 32.2. The van der Waals surface area contributed by atoms with Crippen LogP contribution < -0.4 is 19.7 Å². The molecule has 1 saturated heterocycles. The first-order valence-electron chi connectivity index (χ1n) is 11.7. The van der Waals surface area contributed by atoms with Gasteiger partial charge in [-0.1, -0.05) is 18.9 Å². The summed E-state index contributed by atoms with van der Waals surface area (Å²) in [5, 5.41) is 4.07. The zero-order valence-corrected chi connectivity index (χ0v) is 21.3. The van der Waals surface area contributed by atoms with Gasteiger partial charge in [0.25, 0.3) is 0 Å². The van der Waals surface area contributed by atoms with Crippen molar-refractivity contribution < 1.29 is 13.2 Å². The summed E-state index contributed by atoms with van der Waals surface area (Å²) < 4.78 is 34.1. The Bertz CT molecular complexity index is 1320. The molecule has 2 N–H and O–H groups in total. The molecule has 2 aromatic heterocycles. The fraction of sp³-hybridized carbons (Fsp3) is 0.360. The molecule has 184 valence electrons. The lowest BCUT2D eigenvalue weighted by Crippen LogP contribution is -2.30. The van der Waals surface area contributed by atoms with Gasteiger partial charge in [0.15, 0.2) is 5.11 Å². The van der Waals surface area contributed by atoms with E-state index in [9.17, 15) is 8.42 Å². The summed E-state index contributed by atoms with van der Waals surface area (Å²) in [5.41, 5.74) is 3.26. The van der Waals surface area contributed by atoms with Crippen LogP contribution in [0.1, 0.15) is 55.2 Å². The van der Waals surface area contributed by atoms with Crippen molar-refractivity contribution in [2.75, 3.05) is 23.0 Å². The summed E-state index contributed by atoms with van der Waals surface area (Å²) in [6.07, 6.45) is 9.89. The van der Waals surface area contributed by atoms with Gasteiger partial charge in [-0.25, -0.2) is 8.42 Å². The van der Waals surface area contributed by atoms with Crippen LogP contribution in [0.15, 0.2) is 60.9 Å². The molecular weight excluding hydrogens is 482 g/mol. The lowest BCUT2D eigenvalue weighted by atomic mass is 10.00. The molecule has 0 radical (unpaired) electrons. The van der Waals surface area contributed by atoms with Gasteiger partial charge in [-0.2, -0.15) is 0 Å². The Morgan fingerprint density at radius 1 is 1.14 bits per heavy atom. The summed E-state index contributed by atoms with van der Waals surface area (Å²) in [6.45, 7) is 0. The van der Waals surface area contributed by atoms with Crippen LogP contribution in [0.25, 0.3) is 0 Å². The Hall–Kier alpha value is -3.11. The van der Waals surface area contributed by atoms with E-state index in [1.165, 1.54) is 32.8 Å². The number of hydrogen-bond acceptors (Lipinski definition) is 5. The second kappa shape index (κ2) is 9.50. The second-order valence-corrected chi connectivity index (χ2v) is 11.2. The maximum absolute atomic E-state index is 11.8. The van der Waals surface area contributed by atoms with Gasteiger partial charge in [0.05, 0.1) is 30.8 Å². The number of thiocarbonyl (C=S) groups is 1. The molecule has 1 aliphatic heterocycles. The third kappa shape index (κ3) is 4.72. The van der Waals surface area contributed by atoms with Crippen LogP contribution in [0, 0.1) is 0 Å². The number of aromatic nitrogens is 2. The Labute approximate surface area is 211 Å². The standard InChI is InChI=1S/C25H29N5O3S2/c1-33-22-16-18(12-13-19(22)28-35(2,31)32)30-24(21-11-7-15-29(21)17-8-3-4-9-17)23(27-25(30)34)20-10-5-6-14-26-20/h5-7,10-17,23-24,28H,3-4,8-9H2,1-2H3,(H,27,34)/t23-,24+/m1/s1. The van der Waals surface area contributed by atoms with Gasteiger partial charge < -0.3 is 19.5 Å². The number of methoxy groups -OCH3 is 1. The topological polar surface area (TPSA) is 88.5 Å². The molecule has 2 fully saturated rings. The molecule has 0 bridgehead atoms. The summed E-state index contributed by atoms with van der Waals surface area (Å²) >= 11 is 5.85. The summed E-state index contributed by atoms with van der Waals surface area (Å²) in [4.78, 5) is 6.72. The molecule has 0 unspecified atom stereocenters. The third-order valence-electron chi connectivity index (χ3n) is 6.69. The minimum Gasteiger partial charge on any atom is -0.494 e. The molecule has 3 aromatic rings. The fourth-order valence-electron chi connectivity index (χ4n) is 5.22. The quantitative estimate of drug-likeness (QED) is 0.450. The molecule has 1 aliphatic carbocycles. The van der Waals surface area contributed by atoms with E-state index in [2.05, 4.69) is 42.8 Å². The van der Waals surface area contributed by atoms with Crippen molar-refractivity contribution in [3.8, 4) is 5.75 Å². The van der Waals surface area contributed by atoms with E-state index in [4.69, 9.17) is 17.0 Å². The highest BCUT2D eigenvalue weighted by Gasteiger charge is 2.42. The van der Waals surface area contributed by atoms with Crippen LogP contribution in [-0.4, -0.2) is 36.4 Å². The number of benzene rings is 1. The average Bonchev–Trinajstić information content (AvgIpc) is 3.58. The van der Waals surface area contributed by atoms with Crippen molar-refractivity contribution in [1.29, 1.82) is 0 Å². The summed E-state index contributed by atoms with van der Waals surface area (Å²) in [6, 6.07) is 15.7. The average molecular weight is 512 g/mol. The van der Waals surface area contributed by atoms with Crippen LogP contribution in [0.5, 0.6) is 5.75 Å². The van der Waals surface area contributed by atoms with E-state index in [1.54, 1.807) is 12.3 Å². The van der Waals surface area contributed by atoms with Crippen LogP contribution in [0.3, 0.4) is 0 Å². The summed E-state index contributed by atoms with van der Waals surface area (Å²) in [5.74, 6) is 0.418. The van der Waals surface area contributed by atoms with Gasteiger partial charge in [-0.15, -0.1) is 0 Å². The van der Waals surface area contributed by atoms with Crippen molar-refractivity contribution in [2.45, 2.75) is 43.8 Å². The maximum atomic E-state index is 11.8. The third-order valence-corrected chi connectivity index (χ3v) is 7.59. The number of pyridine rings is 1. The van der Waals surface area contributed by atoms with Crippen molar-refractivity contribution in [3.05, 3.63) is 72.3 Å². The van der Waals surface area contributed by atoms with Gasteiger partial charge in [0.1, 0.15) is 11.8 Å². The lowest BCUT2D eigenvalue weighted by Gasteiger charge is -2.30. The Morgan fingerprint density at radius 2 is 1.94 bits per heavy atom. The van der Waals surface area contributed by atoms with Crippen molar-refractivity contribution >= 4 is 38.7 Å². The van der Waals surface area contributed by atoms with Gasteiger partial charge >= 0.3 is 0 Å². The molecule has 3 heterocycles. The zero-order valence-electron chi connectivity index (χ0n) is 19.7. The van der Waals surface area contributed by atoms with Gasteiger partial charge in [-0.3, -0.25) is 9.71 Å². The number of anilines is 2. The normalized spacial score (nSPS) is 20.7. The van der Waals surface area contributed by atoms with E-state index in [0.29, 0.717) is 22.6 Å². The van der Waals surface area contributed by atoms with Gasteiger partial charge in [0, 0.05) is 35.9 Å². The van der Waals surface area contributed by atoms with Crippen LogP contribution in [-0.2, 0) is 10.0 Å². The van der Waals surface area contributed by atoms with Gasteiger partial charge in [0.2, 0.25) is 10.0 Å². The van der Waals surface area contributed by atoms with Gasteiger partial charge in [-0.05, 0) is 61.5 Å². The molecule has 0 amide bonds. The monoisotopic (exact) mass is 511 g/mol. The first kappa shape index (κ1) is 23.6. The molecule has 2 aliphatic rings. The maximum Gasteiger partial charge on any atom is 0.229 e. The molecular formula is C25H29N5O3S2. The SMILES string of the molecule is COc1cc(N2C(=S)N[C@H](c3ccccn3)[C@@H]2c2cccn2C2CCCC2)ccc1NS(C)(=O)=O. The van der Waals surface area contributed by atoms with E-state index in [0.717, 1.165) is 23.3 Å². The van der Waals surface area contributed by atoms with E-state index >= 15 is 0 Å². The van der Waals surface area contributed by atoms with Crippen LogP contribution >= 0.6 is 12.2 Å². The second-order valence-electron chi connectivity index (χ2n) is 9.03. The molecule has 2 atom stereocenters. The fourth-order valence-corrected chi connectivity index (χ4v) is 6.13. The highest BCUT2D eigenvalue weighted by Crippen LogP contribution is 2.45. The van der Waals surface area contributed by atoms with Crippen molar-refractivity contribution in [2.24, 2.45) is 0 Å². The molecule has 35 heavy (non-hydrogen) atoms. The van der Waals surface area contributed by atoms with E-state index in [1.807, 2.05) is 30.3 Å². The lowest BCUT2D eigenvalue weighted by molar-refractivity contribution is 0.416. The molecule has 1 aromatic carbocycles. The minimum absolute atomic E-state index is 0.147. The minimum atomic E-state index is -3.45. The number of sulfonamides is 1. The van der Waals surface area contributed by atoms with E-state index < -0.39 is 10.0 Å². The zero-order chi connectivity index (χ0) is 24.6. The largest absolute Gasteiger partial charge is 0.494 e. The summed E-state index contributed by atoms with van der Waals surface area (Å²) in [7, 11) is -1.93. The first-order valence-corrected chi connectivity index (χ1v) is 14.0. The number of rotatable bonds is 7. The predicted molar refractivity (Wildman–Crippen MR) is 141 cm³/mol. The number of nitrogens with zero attached hydrogens (tertiary/aromatic N) is 3. The Kier molecular flexibility index (Phi) is 6.41. The molecule has 0 spiro atoms. The molecule has 10 heteroatoms. The highest BCUT2D eigenvalue weighted by molar-refractivity contribution is 7.92. The number of ether oxygens (including phenoxy) is 1. The first-order chi connectivity index (χ1) is 16.9. The smallest absolute Gasteiger partial charge is 0.229 e. The predicted octanol–water partition coefficient (Wildman–Crippen LogP) is 4.56. The van der Waals surface area contributed by atoms with Crippen LogP contribution in [0.4, 0.5) is 11.4 Å². The molecule has 1 saturated carbocycles. The van der Waals surface area contributed by atoms with Crippen molar-refractivity contribution in [1.82, 2.24) is 14.9 Å². The Balaban J connectivity index is 1.61. The van der Waals surface area contributed by atoms with Crippen LogP contribution in [0.2, 0.25) is 0 Å². The van der Waals surface area contributed by atoms with E-state index in [-0.39, 0.29) is 12.1 Å². The molecule has 8 nitrogen and oxygen atoms in total. The number of nitrogens with one attached hydrogen (secondary N) is 2. The Morgan fingerprint density at radius 3 is 2.63 bits per heavy atom.